The van der Waals surface area contributed by atoms with Crippen LogP contribution in [0.15, 0.2) is 18.2 Å². The molecule has 0 aromatic heterocycles. The minimum absolute atomic E-state index is 0.628. The summed E-state index contributed by atoms with van der Waals surface area (Å²) in [6.07, 6.45) is 0. The summed E-state index contributed by atoms with van der Waals surface area (Å²) in [7, 11) is 4.96. The van der Waals surface area contributed by atoms with E-state index in [0.29, 0.717) is 5.92 Å². The van der Waals surface area contributed by atoms with Crippen LogP contribution >= 0.6 is 9.24 Å². The van der Waals surface area contributed by atoms with Gasteiger partial charge in [-0.15, -0.1) is 9.24 Å². The highest BCUT2D eigenvalue weighted by molar-refractivity contribution is 7.27. The molecular formula is C9H14BP. The molecule has 0 saturated carbocycles. The molecule has 0 aliphatic rings. The predicted octanol–water partition coefficient (Wildman–Crippen LogP) is 0.569. The third-order valence-corrected chi connectivity index (χ3v) is 2.44. The first-order valence-electron chi connectivity index (χ1n) is 3.98. The normalized spacial score (nSPS) is 10.5. The van der Waals surface area contributed by atoms with E-state index in [1.165, 1.54) is 16.3 Å². The molecule has 1 atom stereocenters. The zero-order valence-corrected chi connectivity index (χ0v) is 8.54. The van der Waals surface area contributed by atoms with Crippen LogP contribution < -0.4 is 10.8 Å². The molecule has 0 aliphatic heterocycles. The Hall–Kier alpha value is -0.285. The third kappa shape index (κ3) is 1.84. The average Bonchev–Trinajstić information content (AvgIpc) is 1.85. The second-order valence-corrected chi connectivity index (χ2v) is 3.85. The van der Waals surface area contributed by atoms with Crippen molar-refractivity contribution >= 4 is 27.9 Å². The fraction of sp³-hybridized carbons (Fsp3) is 0.333. The minimum atomic E-state index is 0.628. The van der Waals surface area contributed by atoms with E-state index in [4.69, 9.17) is 0 Å². The summed E-state index contributed by atoms with van der Waals surface area (Å²) < 4.78 is 0. The van der Waals surface area contributed by atoms with E-state index in [1.807, 2.05) is 0 Å². The van der Waals surface area contributed by atoms with Crippen LogP contribution in [0, 0.1) is 0 Å². The lowest BCUT2D eigenvalue weighted by atomic mass is 9.85. The van der Waals surface area contributed by atoms with E-state index in [0.717, 1.165) is 0 Å². The first-order chi connectivity index (χ1) is 5.13. The second-order valence-electron chi connectivity index (χ2n) is 3.23. The maximum Gasteiger partial charge on any atom is 0.139 e. The first kappa shape index (κ1) is 8.81. The lowest BCUT2D eigenvalue weighted by Crippen LogP contribution is -2.19. The van der Waals surface area contributed by atoms with Gasteiger partial charge in [0, 0.05) is 0 Å². The van der Waals surface area contributed by atoms with E-state index < -0.39 is 0 Å². The molecule has 0 aliphatic carbocycles. The monoisotopic (exact) mass is 164 g/mol. The van der Waals surface area contributed by atoms with Crippen LogP contribution in [0.5, 0.6) is 0 Å². The molecule has 1 aromatic carbocycles. The molecule has 0 spiro atoms. The molecule has 0 nitrogen and oxygen atoms in total. The smallest absolute Gasteiger partial charge is 0.105 e. The summed E-state index contributed by atoms with van der Waals surface area (Å²) in [5.41, 5.74) is 2.87. The van der Waals surface area contributed by atoms with Crippen LogP contribution in [0.4, 0.5) is 0 Å². The van der Waals surface area contributed by atoms with Crippen molar-refractivity contribution in [2.45, 2.75) is 19.8 Å². The van der Waals surface area contributed by atoms with Gasteiger partial charge in [0.2, 0.25) is 0 Å². The summed E-state index contributed by atoms with van der Waals surface area (Å²) >= 11 is 0. The van der Waals surface area contributed by atoms with Gasteiger partial charge in [-0.3, -0.25) is 0 Å². The van der Waals surface area contributed by atoms with Crippen LogP contribution in [0.25, 0.3) is 0 Å². The zero-order valence-electron chi connectivity index (χ0n) is 7.39. The molecule has 1 rings (SSSR count). The van der Waals surface area contributed by atoms with Gasteiger partial charge in [0.05, 0.1) is 0 Å². The summed E-state index contributed by atoms with van der Waals surface area (Å²) in [4.78, 5) is 0. The number of hydrogen-bond acceptors (Lipinski definition) is 0. The Balaban J connectivity index is 3.21. The average molecular weight is 164 g/mol. The Morgan fingerprint density at radius 2 is 2.00 bits per heavy atom. The van der Waals surface area contributed by atoms with E-state index in [9.17, 15) is 0 Å². The lowest BCUT2D eigenvalue weighted by molar-refractivity contribution is 0.880. The van der Waals surface area contributed by atoms with E-state index in [2.05, 4.69) is 49.1 Å². The van der Waals surface area contributed by atoms with Gasteiger partial charge in [-0.1, -0.05) is 37.5 Å². The molecule has 11 heavy (non-hydrogen) atoms. The van der Waals surface area contributed by atoms with Gasteiger partial charge in [-0.25, -0.2) is 0 Å². The van der Waals surface area contributed by atoms with Gasteiger partial charge in [0.15, 0.2) is 0 Å². The Bertz CT molecular complexity index is 235. The van der Waals surface area contributed by atoms with E-state index >= 15 is 0 Å². The van der Waals surface area contributed by atoms with Crippen LogP contribution in [0.2, 0.25) is 0 Å². The summed E-state index contributed by atoms with van der Waals surface area (Å²) in [6, 6.07) is 6.42. The number of rotatable bonds is 1. The fourth-order valence-corrected chi connectivity index (χ4v) is 2.16. The van der Waals surface area contributed by atoms with Crippen LogP contribution in [-0.2, 0) is 0 Å². The lowest BCUT2D eigenvalue weighted by Gasteiger charge is -2.12. The molecular weight excluding hydrogens is 150 g/mol. The molecule has 0 saturated heterocycles. The van der Waals surface area contributed by atoms with Crippen LogP contribution in [-0.4, -0.2) is 7.85 Å². The van der Waals surface area contributed by atoms with Gasteiger partial charge >= 0.3 is 0 Å². The van der Waals surface area contributed by atoms with Crippen molar-refractivity contribution in [3.05, 3.63) is 23.8 Å². The first-order valence-corrected chi connectivity index (χ1v) is 4.55. The van der Waals surface area contributed by atoms with Crippen molar-refractivity contribution in [3.63, 3.8) is 0 Å². The summed E-state index contributed by atoms with van der Waals surface area (Å²) in [6.45, 7) is 4.46. The topological polar surface area (TPSA) is 0 Å². The molecule has 1 unspecified atom stereocenters. The van der Waals surface area contributed by atoms with Crippen LogP contribution in [0.3, 0.4) is 0 Å². The standard InChI is InChI=1S/C9H14BP/c1-6(2)9-7(10)4-3-5-8(9)11/h3-6H,10-11H2,1-2H3. The summed E-state index contributed by atoms with van der Waals surface area (Å²) in [5.74, 6) is 0.628. The highest BCUT2D eigenvalue weighted by Gasteiger charge is 2.04. The van der Waals surface area contributed by atoms with Crippen molar-refractivity contribution in [1.29, 1.82) is 0 Å². The molecule has 0 amide bonds. The van der Waals surface area contributed by atoms with Crippen molar-refractivity contribution in [3.8, 4) is 0 Å². The van der Waals surface area contributed by atoms with Crippen molar-refractivity contribution in [2.24, 2.45) is 0 Å². The molecule has 0 bridgehead atoms. The number of benzene rings is 1. The maximum atomic E-state index is 2.79. The second kappa shape index (κ2) is 3.41. The third-order valence-electron chi connectivity index (χ3n) is 1.94. The molecule has 0 radical (unpaired) electrons. The molecule has 0 heterocycles. The Morgan fingerprint density at radius 1 is 1.36 bits per heavy atom. The summed E-state index contributed by atoms with van der Waals surface area (Å²) in [5, 5.41) is 1.33. The van der Waals surface area contributed by atoms with Crippen molar-refractivity contribution in [2.75, 3.05) is 0 Å². The van der Waals surface area contributed by atoms with Crippen molar-refractivity contribution in [1.82, 2.24) is 0 Å². The fourth-order valence-electron chi connectivity index (χ4n) is 1.49. The number of hydrogen-bond donors (Lipinski definition) is 0. The highest BCUT2D eigenvalue weighted by atomic mass is 31.0. The SMILES string of the molecule is Bc1cccc(P)c1C(C)C. The Kier molecular flexibility index (Phi) is 2.73. The molecule has 58 valence electrons. The van der Waals surface area contributed by atoms with Gasteiger partial charge in [0.1, 0.15) is 7.85 Å². The molecule has 1 aromatic rings. The van der Waals surface area contributed by atoms with Gasteiger partial charge in [-0.2, -0.15) is 0 Å². The predicted molar refractivity (Wildman–Crippen MR) is 58.1 cm³/mol. The van der Waals surface area contributed by atoms with Gasteiger partial charge in [-0.05, 0) is 16.8 Å². The molecule has 0 N–H and O–H groups in total. The highest BCUT2D eigenvalue weighted by Crippen LogP contribution is 2.10. The van der Waals surface area contributed by atoms with E-state index in [-0.39, 0.29) is 0 Å². The quantitative estimate of drug-likeness (QED) is 0.420. The Labute approximate surface area is 72.0 Å². The van der Waals surface area contributed by atoms with Gasteiger partial charge < -0.3 is 0 Å². The molecule has 0 fully saturated rings. The minimum Gasteiger partial charge on any atom is -0.105 e. The molecule has 2 heteroatoms. The van der Waals surface area contributed by atoms with Crippen LogP contribution in [0.1, 0.15) is 25.3 Å². The zero-order chi connectivity index (χ0) is 8.43. The largest absolute Gasteiger partial charge is 0.139 e. The Morgan fingerprint density at radius 3 is 2.36 bits per heavy atom. The van der Waals surface area contributed by atoms with E-state index in [1.54, 1.807) is 0 Å². The van der Waals surface area contributed by atoms with Gasteiger partial charge in [0.25, 0.3) is 0 Å². The maximum absolute atomic E-state index is 2.79. The van der Waals surface area contributed by atoms with Crippen molar-refractivity contribution < 1.29 is 0 Å².